The predicted molar refractivity (Wildman–Crippen MR) is 47.2 cm³/mol. The number of hydrazine groups is 1. The van der Waals surface area contributed by atoms with Crippen LogP contribution in [-0.2, 0) is 10.0 Å². The molecule has 0 aromatic carbocycles. The lowest BCUT2D eigenvalue weighted by Gasteiger charge is -2.08. The number of H-pyrrole nitrogens is 1. The Labute approximate surface area is 76.8 Å². The largest absolute Gasteiger partial charge is 0.350 e. The van der Waals surface area contributed by atoms with Gasteiger partial charge in [0.1, 0.15) is 0 Å². The van der Waals surface area contributed by atoms with Crippen LogP contribution in [0, 0.1) is 0 Å². The lowest BCUT2D eigenvalue weighted by Crippen LogP contribution is -2.41. The highest BCUT2D eigenvalue weighted by molar-refractivity contribution is 7.89. The second kappa shape index (κ2) is 3.86. The number of aromatic amines is 1. The van der Waals surface area contributed by atoms with E-state index in [1.807, 2.05) is 13.8 Å². The molecule has 3 N–H and O–H groups in total. The van der Waals surface area contributed by atoms with Crippen LogP contribution in [0.4, 0.5) is 0 Å². The lowest BCUT2D eigenvalue weighted by atomic mass is 10.4. The minimum atomic E-state index is -3.52. The summed E-state index contributed by atoms with van der Waals surface area (Å²) in [6.07, 6.45) is 2.62. The number of sulfonamides is 1. The molecule has 0 aliphatic heterocycles. The highest BCUT2D eigenvalue weighted by atomic mass is 32.2. The molecule has 0 spiro atoms. The highest BCUT2D eigenvalue weighted by Gasteiger charge is 2.15. The summed E-state index contributed by atoms with van der Waals surface area (Å²) in [6, 6.07) is 0.0358. The third-order valence-corrected chi connectivity index (χ3v) is 2.39. The van der Waals surface area contributed by atoms with Crippen molar-refractivity contribution in [3.8, 4) is 0 Å². The SMILES string of the molecule is CC(C)NNS(=O)(=O)c1c[nH]cn1. The Morgan fingerprint density at radius 3 is 2.69 bits per heavy atom. The molecule has 0 radical (unpaired) electrons. The number of rotatable bonds is 4. The van der Waals surface area contributed by atoms with Crippen LogP contribution in [0.2, 0.25) is 0 Å². The molecule has 0 fully saturated rings. The number of nitrogens with zero attached hydrogens (tertiary/aromatic N) is 1. The van der Waals surface area contributed by atoms with E-state index in [9.17, 15) is 8.42 Å². The zero-order chi connectivity index (χ0) is 9.90. The molecule has 0 saturated heterocycles. The maximum absolute atomic E-state index is 11.3. The average Bonchev–Trinajstić information content (AvgIpc) is 2.53. The number of imidazole rings is 1. The molecule has 0 bridgehead atoms. The van der Waals surface area contributed by atoms with E-state index in [0.717, 1.165) is 0 Å². The van der Waals surface area contributed by atoms with E-state index in [-0.39, 0.29) is 11.1 Å². The second-order valence-corrected chi connectivity index (χ2v) is 4.44. The predicted octanol–water partition coefficient (Wildman–Crippen LogP) is -0.399. The van der Waals surface area contributed by atoms with Gasteiger partial charge >= 0.3 is 0 Å². The van der Waals surface area contributed by atoms with Gasteiger partial charge in [-0.2, -0.15) is 0 Å². The van der Waals surface area contributed by atoms with Crippen molar-refractivity contribution < 1.29 is 8.42 Å². The van der Waals surface area contributed by atoms with Gasteiger partial charge < -0.3 is 4.98 Å². The minimum absolute atomic E-state index is 0.0272. The molecule has 6 nitrogen and oxygen atoms in total. The van der Waals surface area contributed by atoms with E-state index >= 15 is 0 Å². The molecule has 1 rings (SSSR count). The molecule has 74 valence electrons. The van der Waals surface area contributed by atoms with E-state index in [1.165, 1.54) is 12.5 Å². The van der Waals surface area contributed by atoms with Crippen molar-refractivity contribution in [2.24, 2.45) is 0 Å². The third-order valence-electron chi connectivity index (χ3n) is 1.23. The van der Waals surface area contributed by atoms with Crippen LogP contribution >= 0.6 is 0 Å². The molecule has 0 saturated carbocycles. The van der Waals surface area contributed by atoms with Crippen LogP contribution in [-0.4, -0.2) is 24.4 Å². The van der Waals surface area contributed by atoms with Crippen LogP contribution in [0.5, 0.6) is 0 Å². The number of hydrogen-bond acceptors (Lipinski definition) is 4. The van der Waals surface area contributed by atoms with Gasteiger partial charge in [0.2, 0.25) is 0 Å². The number of nitrogens with one attached hydrogen (secondary N) is 3. The number of hydrogen-bond donors (Lipinski definition) is 3. The third kappa shape index (κ3) is 2.79. The second-order valence-electron chi connectivity index (χ2n) is 2.81. The topological polar surface area (TPSA) is 86.9 Å². The molecule has 0 aliphatic rings. The Hall–Kier alpha value is -0.920. The quantitative estimate of drug-likeness (QED) is 0.582. The molecule has 13 heavy (non-hydrogen) atoms. The highest BCUT2D eigenvalue weighted by Crippen LogP contribution is 1.99. The fourth-order valence-corrected chi connectivity index (χ4v) is 1.55. The summed E-state index contributed by atoms with van der Waals surface area (Å²) in [5.74, 6) is 0. The summed E-state index contributed by atoms with van der Waals surface area (Å²) in [5.41, 5.74) is 2.58. The van der Waals surface area contributed by atoms with Gasteiger partial charge in [-0.25, -0.2) is 18.8 Å². The van der Waals surface area contributed by atoms with Crippen LogP contribution in [0.15, 0.2) is 17.6 Å². The van der Waals surface area contributed by atoms with E-state index < -0.39 is 10.0 Å². The zero-order valence-electron chi connectivity index (χ0n) is 7.40. The summed E-state index contributed by atoms with van der Waals surface area (Å²) >= 11 is 0. The average molecular weight is 204 g/mol. The normalized spacial score (nSPS) is 12.2. The van der Waals surface area contributed by atoms with E-state index in [2.05, 4.69) is 20.2 Å². The molecule has 7 heteroatoms. The summed E-state index contributed by atoms with van der Waals surface area (Å²) in [4.78, 5) is 8.39. The molecule has 0 amide bonds. The molecule has 0 unspecified atom stereocenters. The van der Waals surface area contributed by atoms with Crippen LogP contribution < -0.4 is 10.3 Å². The lowest BCUT2D eigenvalue weighted by molar-refractivity contribution is 0.520. The smallest absolute Gasteiger partial charge is 0.272 e. The van der Waals surface area contributed by atoms with Gasteiger partial charge in [-0.1, -0.05) is 0 Å². The van der Waals surface area contributed by atoms with Crippen LogP contribution in [0.1, 0.15) is 13.8 Å². The summed E-state index contributed by atoms with van der Waals surface area (Å²) in [5, 5.41) is -0.0272. The van der Waals surface area contributed by atoms with Crippen molar-refractivity contribution in [3.63, 3.8) is 0 Å². The molecular weight excluding hydrogens is 192 g/mol. The Morgan fingerprint density at radius 2 is 2.23 bits per heavy atom. The molecule has 1 aromatic heterocycles. The van der Waals surface area contributed by atoms with Gasteiger partial charge in [-0.15, -0.1) is 4.83 Å². The minimum Gasteiger partial charge on any atom is -0.350 e. The van der Waals surface area contributed by atoms with Crippen LogP contribution in [0.3, 0.4) is 0 Å². The first-order valence-corrected chi connectivity index (χ1v) is 5.27. The van der Waals surface area contributed by atoms with Crippen molar-refractivity contribution in [2.45, 2.75) is 24.9 Å². The molecule has 0 aliphatic carbocycles. The monoisotopic (exact) mass is 204 g/mol. The molecule has 0 atom stereocenters. The molecule has 1 aromatic rings. The fraction of sp³-hybridized carbons (Fsp3) is 0.500. The van der Waals surface area contributed by atoms with Crippen molar-refractivity contribution in [1.29, 1.82) is 0 Å². The van der Waals surface area contributed by atoms with Gasteiger partial charge in [0, 0.05) is 12.2 Å². The van der Waals surface area contributed by atoms with Gasteiger partial charge in [-0.3, -0.25) is 0 Å². The van der Waals surface area contributed by atoms with E-state index in [0.29, 0.717) is 0 Å². The molecule has 1 heterocycles. The zero-order valence-corrected chi connectivity index (χ0v) is 8.22. The first-order chi connectivity index (χ1) is 6.02. The van der Waals surface area contributed by atoms with Gasteiger partial charge in [0.15, 0.2) is 5.03 Å². The van der Waals surface area contributed by atoms with E-state index in [4.69, 9.17) is 0 Å². The van der Waals surface area contributed by atoms with Crippen molar-refractivity contribution >= 4 is 10.0 Å². The standard InChI is InChI=1S/C6H12N4O2S/c1-5(2)9-10-13(11,12)6-3-7-4-8-6/h3-5,9-10H,1-2H3,(H,7,8). The Balaban J connectivity index is 2.68. The summed E-state index contributed by atoms with van der Waals surface area (Å²) in [6.45, 7) is 3.65. The van der Waals surface area contributed by atoms with Crippen LogP contribution in [0.25, 0.3) is 0 Å². The Bertz CT molecular complexity index is 343. The van der Waals surface area contributed by atoms with Crippen molar-refractivity contribution in [2.75, 3.05) is 0 Å². The Morgan fingerprint density at radius 1 is 1.54 bits per heavy atom. The van der Waals surface area contributed by atoms with Gasteiger partial charge in [0.25, 0.3) is 10.0 Å². The summed E-state index contributed by atoms with van der Waals surface area (Å²) < 4.78 is 22.7. The van der Waals surface area contributed by atoms with Gasteiger partial charge in [0.05, 0.1) is 6.33 Å². The maximum Gasteiger partial charge on any atom is 0.272 e. The first kappa shape index (κ1) is 10.2. The maximum atomic E-state index is 11.3. The first-order valence-electron chi connectivity index (χ1n) is 3.78. The van der Waals surface area contributed by atoms with E-state index in [1.54, 1.807) is 0 Å². The Kier molecular flexibility index (Phi) is 3.02. The van der Waals surface area contributed by atoms with Gasteiger partial charge in [-0.05, 0) is 13.8 Å². The number of aromatic nitrogens is 2. The van der Waals surface area contributed by atoms with Crippen molar-refractivity contribution in [1.82, 2.24) is 20.2 Å². The molecular formula is C6H12N4O2S. The fourth-order valence-electron chi connectivity index (χ4n) is 0.641. The summed E-state index contributed by atoms with van der Waals surface area (Å²) in [7, 11) is -3.52. The van der Waals surface area contributed by atoms with Crippen molar-refractivity contribution in [3.05, 3.63) is 12.5 Å².